The van der Waals surface area contributed by atoms with Gasteiger partial charge >= 0.3 is 7.12 Å². The number of hydrogen-bond acceptors (Lipinski definition) is 4. The molecule has 0 radical (unpaired) electrons. The van der Waals surface area contributed by atoms with Crippen LogP contribution < -0.4 is 5.46 Å². The minimum Gasteiger partial charge on any atom is -0.423 e. The SMILES string of the molecule is OB(O)c1cc(F)c2nc(Cl)ncc2c1. The Morgan fingerprint density at radius 3 is 2.73 bits per heavy atom. The van der Waals surface area contributed by atoms with Crippen molar-refractivity contribution in [2.45, 2.75) is 0 Å². The van der Waals surface area contributed by atoms with Crippen LogP contribution in [0.3, 0.4) is 0 Å². The molecule has 0 aliphatic heterocycles. The average molecular weight is 226 g/mol. The first kappa shape index (κ1) is 10.3. The second kappa shape index (κ2) is 3.73. The minimum absolute atomic E-state index is 0.0472. The third-order valence-electron chi connectivity index (χ3n) is 1.93. The van der Waals surface area contributed by atoms with Crippen LogP contribution in [0.15, 0.2) is 18.3 Å². The predicted octanol–water partition coefficient (Wildman–Crippen LogP) is 0.102. The highest BCUT2D eigenvalue weighted by molar-refractivity contribution is 6.58. The molecule has 0 spiro atoms. The van der Waals surface area contributed by atoms with Crippen molar-refractivity contribution in [2.24, 2.45) is 0 Å². The fourth-order valence-electron chi connectivity index (χ4n) is 1.25. The van der Waals surface area contributed by atoms with Crippen LogP contribution >= 0.6 is 11.6 Å². The summed E-state index contributed by atoms with van der Waals surface area (Å²) in [4.78, 5) is 7.36. The Kier molecular flexibility index (Phi) is 2.56. The van der Waals surface area contributed by atoms with E-state index in [2.05, 4.69) is 9.97 Å². The standard InChI is InChI=1S/C8H5BClFN2O2/c10-8-12-3-4-1-5(9(14)15)2-6(11)7(4)13-8/h1-3,14-15H. The van der Waals surface area contributed by atoms with E-state index < -0.39 is 12.9 Å². The summed E-state index contributed by atoms with van der Waals surface area (Å²) in [7, 11) is -1.72. The van der Waals surface area contributed by atoms with E-state index in [0.717, 1.165) is 6.07 Å². The Bertz CT molecular complexity index is 523. The van der Waals surface area contributed by atoms with Crippen LogP contribution in [-0.4, -0.2) is 27.1 Å². The zero-order valence-corrected chi connectivity index (χ0v) is 8.11. The van der Waals surface area contributed by atoms with Gasteiger partial charge in [-0.05, 0) is 23.1 Å². The van der Waals surface area contributed by atoms with E-state index in [4.69, 9.17) is 21.6 Å². The fourth-order valence-corrected chi connectivity index (χ4v) is 1.38. The lowest BCUT2D eigenvalue weighted by atomic mass is 9.80. The van der Waals surface area contributed by atoms with Crippen molar-refractivity contribution in [3.8, 4) is 0 Å². The van der Waals surface area contributed by atoms with Gasteiger partial charge in [0.25, 0.3) is 0 Å². The third kappa shape index (κ3) is 1.92. The van der Waals surface area contributed by atoms with Gasteiger partial charge in [-0.15, -0.1) is 0 Å². The van der Waals surface area contributed by atoms with Gasteiger partial charge in [0, 0.05) is 11.6 Å². The Hall–Kier alpha value is -1.24. The molecule has 0 aliphatic carbocycles. The van der Waals surface area contributed by atoms with Crippen molar-refractivity contribution >= 4 is 35.1 Å². The van der Waals surface area contributed by atoms with Crippen LogP contribution in [0.5, 0.6) is 0 Å². The molecule has 4 nitrogen and oxygen atoms in total. The van der Waals surface area contributed by atoms with Crippen LogP contribution in [-0.2, 0) is 0 Å². The summed E-state index contributed by atoms with van der Waals surface area (Å²) < 4.78 is 13.4. The fraction of sp³-hybridized carbons (Fsp3) is 0. The molecule has 0 aliphatic rings. The van der Waals surface area contributed by atoms with Crippen LogP contribution in [0.2, 0.25) is 5.28 Å². The molecular formula is C8H5BClFN2O2. The Balaban J connectivity index is 2.73. The van der Waals surface area contributed by atoms with Crippen molar-refractivity contribution in [1.82, 2.24) is 9.97 Å². The van der Waals surface area contributed by atoms with Crippen molar-refractivity contribution in [3.63, 3.8) is 0 Å². The molecule has 2 rings (SSSR count). The molecule has 0 unspecified atom stereocenters. The molecule has 7 heteroatoms. The topological polar surface area (TPSA) is 66.2 Å². The first-order chi connectivity index (χ1) is 7.08. The molecule has 0 saturated heterocycles. The molecule has 15 heavy (non-hydrogen) atoms. The van der Waals surface area contributed by atoms with Gasteiger partial charge in [0.15, 0.2) is 0 Å². The van der Waals surface area contributed by atoms with E-state index in [1.54, 1.807) is 0 Å². The van der Waals surface area contributed by atoms with Crippen molar-refractivity contribution in [1.29, 1.82) is 0 Å². The maximum Gasteiger partial charge on any atom is 0.488 e. The van der Waals surface area contributed by atoms with Gasteiger partial charge in [0.05, 0.1) is 0 Å². The largest absolute Gasteiger partial charge is 0.488 e. The van der Waals surface area contributed by atoms with Crippen LogP contribution in [0.1, 0.15) is 0 Å². The normalized spacial score (nSPS) is 10.7. The lowest BCUT2D eigenvalue weighted by molar-refractivity contribution is 0.425. The van der Waals surface area contributed by atoms with Crippen molar-refractivity contribution in [3.05, 3.63) is 29.4 Å². The van der Waals surface area contributed by atoms with Crippen molar-refractivity contribution < 1.29 is 14.4 Å². The maximum absolute atomic E-state index is 13.4. The molecular weight excluding hydrogens is 221 g/mol. The molecule has 2 N–H and O–H groups in total. The summed E-state index contributed by atoms with van der Waals surface area (Å²) in [5.74, 6) is -0.667. The van der Waals surface area contributed by atoms with Gasteiger partial charge in [-0.1, -0.05) is 6.07 Å². The van der Waals surface area contributed by atoms with Gasteiger partial charge in [-0.3, -0.25) is 0 Å². The molecule has 0 atom stereocenters. The Morgan fingerprint density at radius 2 is 2.07 bits per heavy atom. The van der Waals surface area contributed by atoms with E-state index in [1.807, 2.05) is 0 Å². The van der Waals surface area contributed by atoms with Gasteiger partial charge < -0.3 is 10.0 Å². The lowest BCUT2D eigenvalue weighted by Crippen LogP contribution is -2.30. The zero-order valence-electron chi connectivity index (χ0n) is 7.35. The lowest BCUT2D eigenvalue weighted by Gasteiger charge is -2.03. The van der Waals surface area contributed by atoms with Crippen LogP contribution in [0.25, 0.3) is 10.9 Å². The van der Waals surface area contributed by atoms with Gasteiger partial charge in [0.1, 0.15) is 11.3 Å². The summed E-state index contributed by atoms with van der Waals surface area (Å²) in [5, 5.41) is 18.1. The molecule has 0 bridgehead atoms. The van der Waals surface area contributed by atoms with Crippen LogP contribution in [0, 0.1) is 5.82 Å². The van der Waals surface area contributed by atoms with Gasteiger partial charge in [-0.2, -0.15) is 0 Å². The molecule has 76 valence electrons. The quantitative estimate of drug-likeness (QED) is 0.535. The second-order valence-electron chi connectivity index (χ2n) is 2.95. The number of nitrogens with zero attached hydrogens (tertiary/aromatic N) is 2. The zero-order chi connectivity index (χ0) is 11.0. The molecule has 0 fully saturated rings. The Labute approximate surface area is 89.5 Å². The number of rotatable bonds is 1. The highest BCUT2D eigenvalue weighted by atomic mass is 35.5. The first-order valence-electron chi connectivity index (χ1n) is 4.06. The van der Waals surface area contributed by atoms with Gasteiger partial charge in [-0.25, -0.2) is 14.4 Å². The number of benzene rings is 1. The molecule has 0 amide bonds. The highest BCUT2D eigenvalue weighted by Crippen LogP contribution is 2.15. The molecule has 1 heterocycles. The van der Waals surface area contributed by atoms with E-state index in [9.17, 15) is 4.39 Å². The summed E-state index contributed by atoms with van der Waals surface area (Å²) in [6, 6.07) is 2.38. The van der Waals surface area contributed by atoms with E-state index in [-0.39, 0.29) is 16.3 Å². The van der Waals surface area contributed by atoms with Crippen LogP contribution in [0.4, 0.5) is 4.39 Å². The van der Waals surface area contributed by atoms with Crippen molar-refractivity contribution in [2.75, 3.05) is 0 Å². The molecule has 1 aromatic carbocycles. The molecule has 1 aromatic heterocycles. The summed E-state index contributed by atoms with van der Waals surface area (Å²) >= 11 is 5.51. The third-order valence-corrected chi connectivity index (χ3v) is 2.11. The summed E-state index contributed by atoms with van der Waals surface area (Å²) in [6.07, 6.45) is 1.32. The highest BCUT2D eigenvalue weighted by Gasteiger charge is 2.15. The molecule has 2 aromatic rings. The van der Waals surface area contributed by atoms with E-state index in [1.165, 1.54) is 12.3 Å². The maximum atomic E-state index is 13.4. The first-order valence-corrected chi connectivity index (χ1v) is 4.43. The number of fused-ring (bicyclic) bond motifs is 1. The second-order valence-corrected chi connectivity index (χ2v) is 3.29. The average Bonchev–Trinajstić information content (AvgIpc) is 2.18. The number of halogens is 2. The molecule has 0 saturated carbocycles. The number of aromatic nitrogens is 2. The van der Waals surface area contributed by atoms with E-state index >= 15 is 0 Å². The van der Waals surface area contributed by atoms with E-state index in [0.29, 0.717) is 5.39 Å². The Morgan fingerprint density at radius 1 is 1.33 bits per heavy atom. The minimum atomic E-state index is -1.72. The predicted molar refractivity (Wildman–Crippen MR) is 54.3 cm³/mol. The summed E-state index contributed by atoms with van der Waals surface area (Å²) in [6.45, 7) is 0. The van der Waals surface area contributed by atoms with Gasteiger partial charge in [0.2, 0.25) is 5.28 Å². The summed E-state index contributed by atoms with van der Waals surface area (Å²) in [5.41, 5.74) is 0.102. The smallest absolute Gasteiger partial charge is 0.423 e. The number of hydrogen-bond donors (Lipinski definition) is 2. The monoisotopic (exact) mass is 226 g/mol.